The summed E-state index contributed by atoms with van der Waals surface area (Å²) in [7, 11) is 1.69. The third-order valence-electron chi connectivity index (χ3n) is 3.72. The molecule has 0 radical (unpaired) electrons. The molecule has 4 rings (SSSR count). The molecule has 0 atom stereocenters. The number of nitrogens with two attached hydrogens (primary N) is 1. The molecule has 112 valence electrons. The number of nitrogen functional groups attached to an aromatic ring is 1. The highest BCUT2D eigenvalue weighted by atomic mass is 32.1. The largest absolute Gasteiger partial charge is 0.857 e. The predicted molar refractivity (Wildman–Crippen MR) is 79.9 cm³/mol. The zero-order valence-corrected chi connectivity index (χ0v) is 12.7. The van der Waals surface area contributed by atoms with Crippen LogP contribution >= 0.6 is 11.3 Å². The number of pyridine rings is 1. The summed E-state index contributed by atoms with van der Waals surface area (Å²) >= 11 is 1.28. The molecule has 3 heterocycles. The van der Waals surface area contributed by atoms with Gasteiger partial charge in [0.05, 0.1) is 10.6 Å². The van der Waals surface area contributed by atoms with E-state index in [0.717, 1.165) is 35.2 Å². The van der Waals surface area contributed by atoms with E-state index in [1.54, 1.807) is 7.05 Å². The fourth-order valence-corrected chi connectivity index (χ4v) is 3.65. The van der Waals surface area contributed by atoms with Crippen molar-refractivity contribution >= 4 is 39.0 Å². The van der Waals surface area contributed by atoms with Crippen molar-refractivity contribution in [1.82, 2.24) is 10.3 Å². The molecular formula is C14H13N5O2S. The van der Waals surface area contributed by atoms with Gasteiger partial charge in [0.15, 0.2) is 12.3 Å². The van der Waals surface area contributed by atoms with E-state index in [4.69, 9.17) is 10.3 Å². The highest BCUT2D eigenvalue weighted by molar-refractivity contribution is 7.21. The van der Waals surface area contributed by atoms with Crippen molar-refractivity contribution in [2.45, 2.75) is 19.3 Å². The summed E-state index contributed by atoms with van der Waals surface area (Å²) in [5.74, 6) is -0.280. The Balaban J connectivity index is 1.82. The molecule has 1 aliphatic carbocycles. The maximum atomic E-state index is 12.3. The van der Waals surface area contributed by atoms with Crippen molar-refractivity contribution in [3.8, 4) is 0 Å². The molecule has 22 heavy (non-hydrogen) atoms. The Hall–Kier alpha value is -2.48. The molecule has 7 nitrogen and oxygen atoms in total. The second-order valence-corrected chi connectivity index (χ2v) is 6.28. The van der Waals surface area contributed by atoms with E-state index in [9.17, 15) is 5.11 Å². The number of rotatable bonds is 2. The third kappa shape index (κ3) is 2.03. The van der Waals surface area contributed by atoms with Gasteiger partial charge in [-0.1, -0.05) is 4.68 Å². The number of anilines is 1. The van der Waals surface area contributed by atoms with Crippen LogP contribution in [0.4, 0.5) is 11.6 Å². The average Bonchev–Trinajstić information content (AvgIpc) is 3.17. The summed E-state index contributed by atoms with van der Waals surface area (Å²) in [4.78, 5) is 9.72. The first-order valence-corrected chi connectivity index (χ1v) is 7.73. The number of thiophene rings is 1. The summed E-state index contributed by atoms with van der Waals surface area (Å²) in [5, 5.41) is 16.8. The summed E-state index contributed by atoms with van der Waals surface area (Å²) in [6.45, 7) is 0. The molecule has 0 saturated heterocycles. The summed E-state index contributed by atoms with van der Waals surface area (Å²) in [6, 6.07) is 2.06. The van der Waals surface area contributed by atoms with Crippen LogP contribution in [0.25, 0.3) is 10.2 Å². The third-order valence-corrected chi connectivity index (χ3v) is 4.82. The van der Waals surface area contributed by atoms with Gasteiger partial charge < -0.3 is 10.8 Å². The molecule has 1 aliphatic rings. The van der Waals surface area contributed by atoms with Gasteiger partial charge in [0.1, 0.15) is 4.83 Å². The Morgan fingerprint density at radius 2 is 2.36 bits per heavy atom. The second-order valence-electron chi connectivity index (χ2n) is 5.28. The Kier molecular flexibility index (Phi) is 2.86. The molecular weight excluding hydrogens is 302 g/mol. The number of fused-ring (bicyclic) bond motifs is 2. The van der Waals surface area contributed by atoms with Crippen LogP contribution in [0.5, 0.6) is 0 Å². The van der Waals surface area contributed by atoms with Gasteiger partial charge in [0, 0.05) is 17.0 Å². The number of aryl methyl sites for hydroxylation is 3. The molecule has 0 fully saturated rings. The smallest absolute Gasteiger partial charge is 0.320 e. The number of nitrogens with zero attached hydrogens (tertiary/aromatic N) is 4. The average molecular weight is 315 g/mol. The summed E-state index contributed by atoms with van der Waals surface area (Å²) < 4.78 is 6.35. The fourth-order valence-electron chi connectivity index (χ4n) is 2.67. The van der Waals surface area contributed by atoms with E-state index in [0.29, 0.717) is 10.6 Å². The minimum atomic E-state index is -0.433. The Morgan fingerprint density at radius 1 is 1.50 bits per heavy atom. The molecule has 0 aromatic carbocycles. The Bertz CT molecular complexity index is 911. The van der Waals surface area contributed by atoms with Crippen LogP contribution in [0.2, 0.25) is 0 Å². The lowest BCUT2D eigenvalue weighted by Crippen LogP contribution is -2.27. The number of aliphatic imine (C=N–C) groups is 1. The summed E-state index contributed by atoms with van der Waals surface area (Å²) in [6.07, 6.45) is 4.67. The number of hydrogen-bond donors (Lipinski definition) is 1. The molecule has 0 spiro atoms. The molecule has 0 amide bonds. The van der Waals surface area contributed by atoms with E-state index >= 15 is 0 Å². The molecule has 8 heteroatoms. The van der Waals surface area contributed by atoms with E-state index < -0.39 is 5.90 Å². The van der Waals surface area contributed by atoms with Crippen molar-refractivity contribution in [3.05, 3.63) is 28.4 Å². The minimum Gasteiger partial charge on any atom is -0.857 e. The lowest BCUT2D eigenvalue weighted by Gasteiger charge is -2.06. The second kappa shape index (κ2) is 4.77. The van der Waals surface area contributed by atoms with Gasteiger partial charge in [-0.25, -0.2) is 9.98 Å². The normalized spacial score (nSPS) is 14.7. The van der Waals surface area contributed by atoms with Gasteiger partial charge in [-0.3, -0.25) is 4.52 Å². The Morgan fingerprint density at radius 3 is 3.14 bits per heavy atom. The first kappa shape index (κ1) is 13.2. The van der Waals surface area contributed by atoms with Crippen molar-refractivity contribution in [2.24, 2.45) is 12.0 Å². The SMILES string of the molecule is C[n+]1cc(/N=C(\[O-])c2sc3nc4c(cc3c2N)CCC4)on1. The quantitative estimate of drug-likeness (QED) is 0.424. The minimum absolute atomic E-state index is 0.153. The molecule has 0 bridgehead atoms. The monoisotopic (exact) mass is 315 g/mol. The van der Waals surface area contributed by atoms with Crippen LogP contribution in [0.15, 0.2) is 21.8 Å². The molecule has 0 aliphatic heterocycles. The molecule has 0 saturated carbocycles. The highest BCUT2D eigenvalue weighted by Gasteiger charge is 2.18. The van der Waals surface area contributed by atoms with Gasteiger partial charge >= 0.3 is 5.88 Å². The van der Waals surface area contributed by atoms with Gasteiger partial charge in [0.2, 0.25) is 0 Å². The van der Waals surface area contributed by atoms with Crippen molar-refractivity contribution in [1.29, 1.82) is 0 Å². The molecule has 0 unspecified atom stereocenters. The van der Waals surface area contributed by atoms with Gasteiger partial charge in [-0.05, 0) is 30.9 Å². The van der Waals surface area contributed by atoms with Crippen molar-refractivity contribution < 1.29 is 14.3 Å². The lowest BCUT2D eigenvalue weighted by molar-refractivity contribution is -0.739. The lowest BCUT2D eigenvalue weighted by atomic mass is 10.1. The number of aromatic nitrogens is 3. The predicted octanol–water partition coefficient (Wildman–Crippen LogP) is 0.618. The number of hydrogen-bond acceptors (Lipinski definition) is 7. The molecule has 3 aromatic heterocycles. The zero-order valence-electron chi connectivity index (χ0n) is 11.9. The maximum Gasteiger partial charge on any atom is 0.320 e. The van der Waals surface area contributed by atoms with Crippen molar-refractivity contribution in [2.75, 3.05) is 5.73 Å². The molecule has 3 aromatic rings. The summed E-state index contributed by atoms with van der Waals surface area (Å²) in [5.41, 5.74) is 8.92. The van der Waals surface area contributed by atoms with Crippen LogP contribution < -0.4 is 15.5 Å². The maximum absolute atomic E-state index is 12.3. The standard InChI is InChI=1S/C14H13N5O2S/c1-19-6-10(21-18-19)17-13(20)12-11(15)8-5-7-3-2-4-9(7)16-14(8)22-12/h5-6H,2-4H2,1H3,(H2-,15,17,18,20). The van der Waals surface area contributed by atoms with Crippen LogP contribution in [0.1, 0.15) is 22.6 Å². The first-order chi connectivity index (χ1) is 10.6. The van der Waals surface area contributed by atoms with Crippen LogP contribution in [0, 0.1) is 0 Å². The zero-order chi connectivity index (χ0) is 15.3. The van der Waals surface area contributed by atoms with E-state index in [2.05, 4.69) is 21.3 Å². The van der Waals surface area contributed by atoms with Crippen LogP contribution in [-0.4, -0.2) is 16.2 Å². The van der Waals surface area contributed by atoms with Crippen molar-refractivity contribution in [3.63, 3.8) is 0 Å². The van der Waals surface area contributed by atoms with E-state index in [1.807, 2.05) is 0 Å². The highest BCUT2D eigenvalue weighted by Crippen LogP contribution is 2.35. The van der Waals surface area contributed by atoms with E-state index in [1.165, 1.54) is 27.8 Å². The van der Waals surface area contributed by atoms with Gasteiger partial charge in [0.25, 0.3) is 6.20 Å². The van der Waals surface area contributed by atoms with Gasteiger partial charge in [-0.15, -0.1) is 11.3 Å². The topological polar surface area (TPSA) is 104 Å². The van der Waals surface area contributed by atoms with Gasteiger partial charge in [-0.2, -0.15) is 0 Å². The van der Waals surface area contributed by atoms with E-state index in [-0.39, 0.29) is 5.88 Å². The first-order valence-electron chi connectivity index (χ1n) is 6.91. The van der Waals surface area contributed by atoms with Crippen LogP contribution in [0.3, 0.4) is 0 Å². The molecule has 2 N–H and O–H groups in total. The fraction of sp³-hybridized carbons (Fsp3) is 0.286. The van der Waals surface area contributed by atoms with Crippen LogP contribution in [-0.2, 0) is 19.9 Å². The Labute approximate surface area is 129 Å².